The smallest absolute Gasteiger partial charge is 0.0375 e. The zero-order valence-electron chi connectivity index (χ0n) is 17.6. The molecule has 0 spiro atoms. The molecule has 3 rings (SSSR count). The van der Waals surface area contributed by atoms with Crippen LogP contribution in [0.5, 0.6) is 0 Å². The Hall–Kier alpha value is -1.29. The Bertz CT molecular complexity index is 672. The molecule has 28 heavy (non-hydrogen) atoms. The van der Waals surface area contributed by atoms with Crippen molar-refractivity contribution in [3.8, 4) is 0 Å². The monoisotopic (exact) mass is 396 g/mol. The van der Waals surface area contributed by atoms with Crippen LogP contribution in [0.15, 0.2) is 60.7 Å². The molecule has 0 saturated carbocycles. The SMILES string of the molecule is C=CC1=CCN(SC2C=CC(c3ccc(CCN(CC)CC)cc3)CC2)CC1. The topological polar surface area (TPSA) is 6.48 Å². The van der Waals surface area contributed by atoms with E-state index in [9.17, 15) is 0 Å². The molecule has 0 bridgehead atoms. The van der Waals surface area contributed by atoms with Gasteiger partial charge in [0.05, 0.1) is 0 Å². The third-order valence-electron chi connectivity index (χ3n) is 6.09. The van der Waals surface area contributed by atoms with E-state index in [1.165, 1.54) is 29.5 Å². The molecule has 0 saturated heterocycles. The summed E-state index contributed by atoms with van der Waals surface area (Å²) in [7, 11) is 0. The average molecular weight is 397 g/mol. The molecule has 2 nitrogen and oxygen atoms in total. The second-order valence-corrected chi connectivity index (χ2v) is 9.18. The number of benzene rings is 1. The van der Waals surface area contributed by atoms with Crippen LogP contribution in [0.1, 0.15) is 50.2 Å². The molecule has 1 aromatic rings. The van der Waals surface area contributed by atoms with Gasteiger partial charge in [-0.2, -0.15) is 0 Å². The van der Waals surface area contributed by atoms with Gasteiger partial charge >= 0.3 is 0 Å². The largest absolute Gasteiger partial charge is 0.304 e. The lowest BCUT2D eigenvalue weighted by Crippen LogP contribution is -2.25. The van der Waals surface area contributed by atoms with Crippen LogP contribution >= 0.6 is 11.9 Å². The van der Waals surface area contributed by atoms with Gasteiger partial charge in [0, 0.05) is 30.8 Å². The van der Waals surface area contributed by atoms with E-state index < -0.39 is 0 Å². The maximum atomic E-state index is 3.89. The summed E-state index contributed by atoms with van der Waals surface area (Å²) in [5.74, 6) is 0.585. The number of allylic oxidation sites excluding steroid dienone is 2. The molecule has 1 aliphatic carbocycles. The summed E-state index contributed by atoms with van der Waals surface area (Å²) in [5, 5.41) is 0.628. The van der Waals surface area contributed by atoms with Crippen LogP contribution in [0, 0.1) is 0 Å². The summed E-state index contributed by atoms with van der Waals surface area (Å²) in [5.41, 5.74) is 4.33. The average Bonchev–Trinajstić information content (AvgIpc) is 2.76. The van der Waals surface area contributed by atoms with E-state index in [-0.39, 0.29) is 0 Å². The van der Waals surface area contributed by atoms with E-state index in [1.54, 1.807) is 0 Å². The van der Waals surface area contributed by atoms with Crippen LogP contribution in [0.2, 0.25) is 0 Å². The van der Waals surface area contributed by atoms with Crippen LogP contribution in [-0.2, 0) is 6.42 Å². The standard InChI is InChI=1S/C25H36N2S/c1-4-21-16-19-27(20-17-21)28-25-13-11-24(12-14-25)23-9-7-22(8-10-23)15-18-26(5-2)6-3/h4,7-11,13,16,24-25H,1,5-6,12,14-15,17-20H2,2-3H3. The van der Waals surface area contributed by atoms with E-state index in [1.807, 2.05) is 18.0 Å². The number of nitrogens with zero attached hydrogens (tertiary/aromatic N) is 2. The zero-order valence-corrected chi connectivity index (χ0v) is 18.5. The van der Waals surface area contributed by atoms with Gasteiger partial charge in [-0.15, -0.1) is 0 Å². The number of rotatable bonds is 9. The molecule has 1 aromatic carbocycles. The minimum Gasteiger partial charge on any atom is -0.304 e. The molecule has 152 valence electrons. The lowest BCUT2D eigenvalue weighted by Gasteiger charge is -2.30. The summed E-state index contributed by atoms with van der Waals surface area (Å²) in [6.07, 6.45) is 14.0. The third kappa shape index (κ3) is 6.10. The van der Waals surface area contributed by atoms with Crippen molar-refractivity contribution >= 4 is 11.9 Å². The lowest BCUT2D eigenvalue weighted by molar-refractivity contribution is 0.308. The van der Waals surface area contributed by atoms with E-state index >= 15 is 0 Å². The lowest BCUT2D eigenvalue weighted by atomic mass is 9.88. The molecule has 0 fully saturated rings. The first kappa shape index (κ1) is 21.4. The van der Waals surface area contributed by atoms with Gasteiger partial charge in [0.25, 0.3) is 0 Å². The molecular formula is C25H36N2S. The van der Waals surface area contributed by atoms with Crippen LogP contribution in [0.3, 0.4) is 0 Å². The molecule has 3 heteroatoms. The maximum absolute atomic E-state index is 3.89. The van der Waals surface area contributed by atoms with Crippen LogP contribution in [-0.4, -0.2) is 47.2 Å². The predicted molar refractivity (Wildman–Crippen MR) is 125 cm³/mol. The fourth-order valence-corrected chi connectivity index (χ4v) is 5.20. The maximum Gasteiger partial charge on any atom is 0.0375 e. The quantitative estimate of drug-likeness (QED) is 0.382. The van der Waals surface area contributed by atoms with E-state index in [2.05, 4.69) is 72.1 Å². The van der Waals surface area contributed by atoms with E-state index in [0.29, 0.717) is 11.2 Å². The Morgan fingerprint density at radius 1 is 1.14 bits per heavy atom. The Labute approximate surface area is 176 Å². The van der Waals surface area contributed by atoms with Gasteiger partial charge < -0.3 is 4.90 Å². The highest BCUT2D eigenvalue weighted by Crippen LogP contribution is 2.34. The predicted octanol–water partition coefficient (Wildman–Crippen LogP) is 5.84. The van der Waals surface area contributed by atoms with Crippen LogP contribution in [0.25, 0.3) is 0 Å². The van der Waals surface area contributed by atoms with Crippen molar-refractivity contribution < 1.29 is 0 Å². The summed E-state index contributed by atoms with van der Waals surface area (Å²) in [6.45, 7) is 14.0. The minimum absolute atomic E-state index is 0.585. The molecule has 2 aliphatic rings. The first-order valence-corrected chi connectivity index (χ1v) is 11.8. The highest BCUT2D eigenvalue weighted by molar-refractivity contribution is 7.97. The summed E-state index contributed by atoms with van der Waals surface area (Å²) >= 11 is 2.03. The molecular weight excluding hydrogens is 360 g/mol. The third-order valence-corrected chi connectivity index (χ3v) is 7.39. The zero-order chi connectivity index (χ0) is 19.8. The van der Waals surface area contributed by atoms with Gasteiger partial charge in [-0.05, 0) is 55.5 Å². The van der Waals surface area contributed by atoms with Gasteiger partial charge in [-0.1, -0.05) is 80.9 Å². The fourth-order valence-electron chi connectivity index (χ4n) is 4.06. The van der Waals surface area contributed by atoms with E-state index in [0.717, 1.165) is 45.6 Å². The van der Waals surface area contributed by atoms with Crippen molar-refractivity contribution in [3.63, 3.8) is 0 Å². The highest BCUT2D eigenvalue weighted by Gasteiger charge is 2.21. The van der Waals surface area contributed by atoms with Crippen molar-refractivity contribution in [2.24, 2.45) is 0 Å². The number of likely N-dealkylation sites (N-methyl/N-ethyl adjacent to an activating group) is 1. The Balaban J connectivity index is 1.47. The van der Waals surface area contributed by atoms with Gasteiger partial charge in [0.2, 0.25) is 0 Å². The number of hydrogen-bond acceptors (Lipinski definition) is 3. The summed E-state index contributed by atoms with van der Waals surface area (Å²) < 4.78 is 2.51. The Morgan fingerprint density at radius 3 is 2.50 bits per heavy atom. The van der Waals surface area contributed by atoms with Crippen molar-refractivity contribution in [2.45, 2.75) is 50.7 Å². The summed E-state index contributed by atoms with van der Waals surface area (Å²) in [6, 6.07) is 9.38. The van der Waals surface area contributed by atoms with E-state index in [4.69, 9.17) is 0 Å². The molecule has 0 N–H and O–H groups in total. The number of hydrogen-bond donors (Lipinski definition) is 0. The molecule has 0 radical (unpaired) electrons. The molecule has 0 amide bonds. The minimum atomic E-state index is 0.585. The molecule has 0 aromatic heterocycles. The molecule has 2 unspecified atom stereocenters. The van der Waals surface area contributed by atoms with Crippen LogP contribution in [0.4, 0.5) is 0 Å². The second-order valence-electron chi connectivity index (χ2n) is 7.85. The van der Waals surface area contributed by atoms with Gasteiger partial charge in [-0.3, -0.25) is 0 Å². The Morgan fingerprint density at radius 2 is 1.93 bits per heavy atom. The second kappa shape index (κ2) is 11.0. The van der Waals surface area contributed by atoms with Gasteiger partial charge in [0.15, 0.2) is 0 Å². The van der Waals surface area contributed by atoms with Gasteiger partial charge in [0.1, 0.15) is 0 Å². The van der Waals surface area contributed by atoms with Crippen molar-refractivity contribution in [1.29, 1.82) is 0 Å². The van der Waals surface area contributed by atoms with Crippen molar-refractivity contribution in [2.75, 3.05) is 32.7 Å². The Kier molecular flexibility index (Phi) is 8.44. The van der Waals surface area contributed by atoms with Crippen molar-refractivity contribution in [3.05, 3.63) is 71.8 Å². The van der Waals surface area contributed by atoms with Crippen LogP contribution < -0.4 is 0 Å². The fraction of sp³-hybridized carbons (Fsp3) is 0.520. The molecule has 1 aliphatic heterocycles. The highest BCUT2D eigenvalue weighted by atomic mass is 32.2. The molecule has 1 heterocycles. The molecule has 2 atom stereocenters. The summed E-state index contributed by atoms with van der Waals surface area (Å²) in [4.78, 5) is 2.49. The van der Waals surface area contributed by atoms with Crippen molar-refractivity contribution in [1.82, 2.24) is 9.21 Å². The van der Waals surface area contributed by atoms with Gasteiger partial charge in [-0.25, -0.2) is 4.31 Å². The first-order valence-electron chi connectivity index (χ1n) is 10.9. The first-order chi connectivity index (χ1) is 13.7. The normalized spacial score (nSPS) is 23.0.